The van der Waals surface area contributed by atoms with Gasteiger partial charge >= 0.3 is 5.97 Å². The third kappa shape index (κ3) is 4.78. The first-order valence-electron chi connectivity index (χ1n) is 9.76. The molecule has 3 aromatic rings. The predicted molar refractivity (Wildman–Crippen MR) is 119 cm³/mol. The van der Waals surface area contributed by atoms with E-state index in [1.54, 1.807) is 24.3 Å². The van der Waals surface area contributed by atoms with Crippen molar-refractivity contribution in [2.75, 3.05) is 39.4 Å². The number of amides is 1. The van der Waals surface area contributed by atoms with Crippen LogP contribution < -0.4 is 24.3 Å². The van der Waals surface area contributed by atoms with Crippen LogP contribution in [0.2, 0.25) is 0 Å². The average Bonchev–Trinajstić information content (AvgIpc) is 3.33. The minimum absolute atomic E-state index is 0.393. The summed E-state index contributed by atoms with van der Waals surface area (Å²) in [6.45, 7) is 0.606. The van der Waals surface area contributed by atoms with Crippen molar-refractivity contribution in [3.63, 3.8) is 0 Å². The fourth-order valence-corrected chi connectivity index (χ4v) is 3.99. The molecule has 2 heterocycles. The van der Waals surface area contributed by atoms with E-state index in [-0.39, 0.29) is 0 Å². The van der Waals surface area contributed by atoms with E-state index in [2.05, 4.69) is 5.32 Å². The van der Waals surface area contributed by atoms with Gasteiger partial charge in [-0.25, -0.2) is 4.79 Å². The first kappa shape index (κ1) is 21.5. The minimum atomic E-state index is -0.573. The van der Waals surface area contributed by atoms with Crippen LogP contribution >= 0.6 is 11.3 Å². The molecular weight excluding hydrogens is 434 g/mol. The quantitative estimate of drug-likeness (QED) is 0.539. The molecule has 0 saturated carbocycles. The highest BCUT2D eigenvalue weighted by Crippen LogP contribution is 2.37. The number of nitrogens with one attached hydrogen (secondary N) is 1. The molecule has 1 aliphatic heterocycles. The molecule has 0 unspecified atom stereocenters. The van der Waals surface area contributed by atoms with Crippen LogP contribution in [0.25, 0.3) is 10.4 Å². The van der Waals surface area contributed by atoms with Crippen molar-refractivity contribution in [1.29, 1.82) is 0 Å². The molecule has 8 nitrogen and oxygen atoms in total. The Morgan fingerprint density at radius 1 is 0.969 bits per heavy atom. The Kier molecular flexibility index (Phi) is 6.46. The Labute approximate surface area is 188 Å². The van der Waals surface area contributed by atoms with E-state index >= 15 is 0 Å². The lowest BCUT2D eigenvalue weighted by molar-refractivity contribution is -0.119. The Hall–Kier alpha value is -3.72. The zero-order valence-electron chi connectivity index (χ0n) is 17.5. The lowest BCUT2D eigenvalue weighted by atomic mass is 10.1. The standard InChI is InChI=1S/C23H21NO7S/c1-27-15-4-5-16(18(12-15)28-2)24-22(25)13-31-23(26)21-8-7-20(32-21)14-3-6-17-19(11-14)30-10-9-29-17/h3-8,11-12H,9-10,13H2,1-2H3,(H,24,25). The Morgan fingerprint density at radius 3 is 2.56 bits per heavy atom. The van der Waals surface area contributed by atoms with E-state index in [1.165, 1.54) is 25.6 Å². The molecule has 1 aromatic heterocycles. The van der Waals surface area contributed by atoms with E-state index in [4.69, 9.17) is 23.7 Å². The topological polar surface area (TPSA) is 92.3 Å². The molecule has 1 N–H and O–H groups in total. The lowest BCUT2D eigenvalue weighted by Gasteiger charge is -2.18. The molecule has 0 aliphatic carbocycles. The van der Waals surface area contributed by atoms with Gasteiger partial charge in [0.15, 0.2) is 18.1 Å². The maximum absolute atomic E-state index is 12.4. The summed E-state index contributed by atoms with van der Waals surface area (Å²) in [7, 11) is 3.02. The third-order valence-corrected chi connectivity index (χ3v) is 5.77. The molecule has 32 heavy (non-hydrogen) atoms. The number of carbonyl (C=O) groups is 2. The number of fused-ring (bicyclic) bond motifs is 1. The molecule has 2 aromatic carbocycles. The number of methoxy groups -OCH3 is 2. The maximum Gasteiger partial charge on any atom is 0.348 e. The summed E-state index contributed by atoms with van der Waals surface area (Å²) < 4.78 is 26.7. The van der Waals surface area contributed by atoms with Crippen LogP contribution in [0.15, 0.2) is 48.5 Å². The van der Waals surface area contributed by atoms with Crippen molar-refractivity contribution in [3.05, 3.63) is 53.4 Å². The molecule has 1 amide bonds. The Balaban J connectivity index is 1.36. The summed E-state index contributed by atoms with van der Waals surface area (Å²) in [5.41, 5.74) is 1.36. The van der Waals surface area contributed by atoms with Crippen molar-refractivity contribution in [3.8, 4) is 33.4 Å². The highest BCUT2D eigenvalue weighted by Gasteiger charge is 2.17. The SMILES string of the molecule is COc1ccc(NC(=O)COC(=O)c2ccc(-c3ccc4c(c3)OCCO4)s2)c(OC)c1. The van der Waals surface area contributed by atoms with Crippen molar-refractivity contribution in [2.45, 2.75) is 0 Å². The number of ether oxygens (including phenoxy) is 5. The number of thiophene rings is 1. The highest BCUT2D eigenvalue weighted by atomic mass is 32.1. The first-order chi connectivity index (χ1) is 15.6. The van der Waals surface area contributed by atoms with Crippen LogP contribution in [0.1, 0.15) is 9.67 Å². The van der Waals surface area contributed by atoms with Gasteiger partial charge in [0.2, 0.25) is 0 Å². The fraction of sp³-hybridized carbons (Fsp3) is 0.217. The number of hydrogen-bond acceptors (Lipinski definition) is 8. The van der Waals surface area contributed by atoms with Gasteiger partial charge < -0.3 is 29.0 Å². The van der Waals surface area contributed by atoms with Crippen LogP contribution in [0, 0.1) is 0 Å². The number of anilines is 1. The molecule has 9 heteroatoms. The zero-order chi connectivity index (χ0) is 22.5. The van der Waals surface area contributed by atoms with Crippen LogP contribution in [0.4, 0.5) is 5.69 Å². The molecule has 166 valence electrons. The lowest BCUT2D eigenvalue weighted by Crippen LogP contribution is -2.20. The van der Waals surface area contributed by atoms with Gasteiger partial charge in [-0.3, -0.25) is 4.79 Å². The van der Waals surface area contributed by atoms with E-state index in [0.29, 0.717) is 46.8 Å². The van der Waals surface area contributed by atoms with Crippen LogP contribution in [0.3, 0.4) is 0 Å². The fourth-order valence-electron chi connectivity index (χ4n) is 3.09. The monoisotopic (exact) mass is 455 g/mol. The van der Waals surface area contributed by atoms with Gasteiger partial charge in [0.05, 0.1) is 19.9 Å². The summed E-state index contributed by atoms with van der Waals surface area (Å²) in [4.78, 5) is 25.9. The second-order valence-electron chi connectivity index (χ2n) is 6.71. The van der Waals surface area contributed by atoms with Gasteiger partial charge in [0, 0.05) is 10.9 Å². The van der Waals surface area contributed by atoms with Crippen LogP contribution in [-0.4, -0.2) is 45.9 Å². The number of rotatable bonds is 7. The van der Waals surface area contributed by atoms with E-state index < -0.39 is 18.5 Å². The van der Waals surface area contributed by atoms with Crippen LogP contribution in [-0.2, 0) is 9.53 Å². The predicted octanol–water partition coefficient (Wildman–Crippen LogP) is 4.00. The second-order valence-corrected chi connectivity index (χ2v) is 7.80. The highest BCUT2D eigenvalue weighted by molar-refractivity contribution is 7.17. The molecule has 0 fully saturated rings. The molecular formula is C23H21NO7S. The summed E-state index contributed by atoms with van der Waals surface area (Å²) >= 11 is 1.27. The Bertz CT molecular complexity index is 1140. The Morgan fingerprint density at radius 2 is 1.78 bits per heavy atom. The van der Waals surface area contributed by atoms with E-state index in [9.17, 15) is 9.59 Å². The van der Waals surface area contributed by atoms with Crippen molar-refractivity contribution in [2.24, 2.45) is 0 Å². The third-order valence-electron chi connectivity index (χ3n) is 4.65. The summed E-state index contributed by atoms with van der Waals surface area (Å²) in [6.07, 6.45) is 0. The summed E-state index contributed by atoms with van der Waals surface area (Å²) in [5.74, 6) is 1.36. The molecule has 0 bridgehead atoms. The largest absolute Gasteiger partial charge is 0.497 e. The summed E-state index contributed by atoms with van der Waals surface area (Å²) in [6, 6.07) is 14.1. The number of carbonyl (C=O) groups excluding carboxylic acids is 2. The van der Waals surface area contributed by atoms with Gasteiger partial charge in [-0.2, -0.15) is 0 Å². The van der Waals surface area contributed by atoms with Crippen molar-refractivity contribution < 1.29 is 33.3 Å². The smallest absolute Gasteiger partial charge is 0.348 e. The van der Waals surface area contributed by atoms with E-state index in [1.807, 2.05) is 24.3 Å². The van der Waals surface area contributed by atoms with Gasteiger partial charge in [0.25, 0.3) is 5.91 Å². The van der Waals surface area contributed by atoms with Gasteiger partial charge in [-0.1, -0.05) is 0 Å². The number of hydrogen-bond donors (Lipinski definition) is 1. The average molecular weight is 455 g/mol. The molecule has 4 rings (SSSR count). The minimum Gasteiger partial charge on any atom is -0.497 e. The summed E-state index contributed by atoms with van der Waals surface area (Å²) in [5, 5.41) is 2.66. The first-order valence-corrected chi connectivity index (χ1v) is 10.6. The second kappa shape index (κ2) is 9.61. The normalized spacial score (nSPS) is 12.1. The zero-order valence-corrected chi connectivity index (χ0v) is 18.3. The van der Waals surface area contributed by atoms with Gasteiger partial charge in [-0.15, -0.1) is 11.3 Å². The van der Waals surface area contributed by atoms with Crippen molar-refractivity contribution >= 4 is 28.9 Å². The molecule has 0 atom stereocenters. The molecule has 0 radical (unpaired) electrons. The number of benzene rings is 2. The maximum atomic E-state index is 12.4. The van der Waals surface area contributed by atoms with Gasteiger partial charge in [0.1, 0.15) is 29.6 Å². The van der Waals surface area contributed by atoms with Gasteiger partial charge in [-0.05, 0) is 48.0 Å². The molecule has 1 aliphatic rings. The number of esters is 1. The van der Waals surface area contributed by atoms with Crippen LogP contribution in [0.5, 0.6) is 23.0 Å². The van der Waals surface area contributed by atoms with Crippen molar-refractivity contribution in [1.82, 2.24) is 0 Å². The molecule has 0 saturated heterocycles. The molecule has 0 spiro atoms. The van der Waals surface area contributed by atoms with E-state index in [0.717, 1.165) is 10.4 Å².